The highest BCUT2D eigenvalue weighted by atomic mass is 19.1. The molecule has 0 bridgehead atoms. The van der Waals surface area contributed by atoms with Gasteiger partial charge in [-0.2, -0.15) is 0 Å². The quantitative estimate of drug-likeness (QED) is 0.714. The lowest BCUT2D eigenvalue weighted by Gasteiger charge is -2.48. The van der Waals surface area contributed by atoms with E-state index in [1.54, 1.807) is 18.3 Å². The smallest absolute Gasteiger partial charge is 0.220 e. The minimum absolute atomic E-state index is 0.0542. The molecule has 2 fully saturated rings. The van der Waals surface area contributed by atoms with Crippen LogP contribution in [0.1, 0.15) is 63.7 Å². The van der Waals surface area contributed by atoms with Gasteiger partial charge in [0.15, 0.2) is 11.7 Å². The summed E-state index contributed by atoms with van der Waals surface area (Å²) in [6.07, 6.45) is 12.5. The monoisotopic (exact) mass is 413 g/mol. The fourth-order valence-electron chi connectivity index (χ4n) is 4.93. The van der Waals surface area contributed by atoms with Gasteiger partial charge in [0.05, 0.1) is 6.20 Å². The van der Waals surface area contributed by atoms with Crippen LogP contribution in [0.3, 0.4) is 0 Å². The number of likely N-dealkylation sites (tertiary alicyclic amines) is 1. The number of carbonyl (C=O) groups is 1. The maximum atomic E-state index is 13.1. The number of carbonyl (C=O) groups excluding carboxylic acids is 1. The van der Waals surface area contributed by atoms with Crippen molar-refractivity contribution < 1.29 is 13.6 Å². The summed E-state index contributed by atoms with van der Waals surface area (Å²) in [4.78, 5) is 19.5. The predicted octanol–water partition coefficient (Wildman–Crippen LogP) is 4.72. The minimum Gasteiger partial charge on any atom is -0.441 e. The van der Waals surface area contributed by atoms with Crippen LogP contribution in [0.2, 0.25) is 0 Å². The fourth-order valence-corrected chi connectivity index (χ4v) is 4.93. The number of nitrogens with zero attached hydrogens (tertiary/aromatic N) is 2. The van der Waals surface area contributed by atoms with Gasteiger partial charge in [-0.1, -0.05) is 25.7 Å². The summed E-state index contributed by atoms with van der Waals surface area (Å²) in [5, 5.41) is 3.21. The molecule has 0 atom stereocenters. The molecule has 1 aromatic carbocycles. The molecule has 162 valence electrons. The molecule has 6 heteroatoms. The normalized spacial score (nSPS) is 19.5. The van der Waals surface area contributed by atoms with Gasteiger partial charge in [-0.25, -0.2) is 9.37 Å². The van der Waals surface area contributed by atoms with Gasteiger partial charge >= 0.3 is 0 Å². The second kappa shape index (κ2) is 9.73. The maximum Gasteiger partial charge on any atom is 0.220 e. The van der Waals surface area contributed by atoms with Gasteiger partial charge in [0, 0.05) is 30.5 Å². The standard InChI is InChI=1S/C24H32FN3O2/c25-20-9-7-19(8-10-20)21-17-26-23(30-21)12-11-22(29)27-18-24(13-3-1-4-14-24)28-15-5-2-6-16-28/h7-10,17H,1-6,11-16,18H2,(H,27,29). The zero-order valence-corrected chi connectivity index (χ0v) is 17.7. The summed E-state index contributed by atoms with van der Waals surface area (Å²) in [6.45, 7) is 3.08. The first kappa shape index (κ1) is 21.0. The lowest BCUT2D eigenvalue weighted by molar-refractivity contribution is -0.122. The summed E-state index contributed by atoms with van der Waals surface area (Å²) >= 11 is 0. The fraction of sp³-hybridized carbons (Fsp3) is 0.583. The second-order valence-electron chi connectivity index (χ2n) is 8.73. The van der Waals surface area contributed by atoms with Gasteiger partial charge in [-0.15, -0.1) is 0 Å². The molecule has 1 N–H and O–H groups in total. The third-order valence-electron chi connectivity index (χ3n) is 6.67. The molecule has 0 spiro atoms. The molecule has 0 unspecified atom stereocenters. The molecule has 5 nitrogen and oxygen atoms in total. The Labute approximate surface area is 178 Å². The highest BCUT2D eigenvalue weighted by Gasteiger charge is 2.38. The van der Waals surface area contributed by atoms with Crippen LogP contribution in [0.5, 0.6) is 0 Å². The number of piperidine rings is 1. The van der Waals surface area contributed by atoms with Gasteiger partial charge in [-0.05, 0) is 63.0 Å². The van der Waals surface area contributed by atoms with Gasteiger partial charge in [0.25, 0.3) is 0 Å². The minimum atomic E-state index is -0.282. The number of rotatable bonds is 7. The zero-order chi connectivity index (χ0) is 20.8. The van der Waals surface area contributed by atoms with Crippen molar-refractivity contribution in [2.45, 2.75) is 69.7 Å². The SMILES string of the molecule is O=C(CCc1ncc(-c2ccc(F)cc2)o1)NCC1(N2CCCCC2)CCCCC1. The number of hydrogen-bond donors (Lipinski definition) is 1. The third-order valence-corrected chi connectivity index (χ3v) is 6.67. The average Bonchev–Trinajstić information content (AvgIpc) is 3.27. The van der Waals surface area contributed by atoms with Crippen LogP contribution in [0.15, 0.2) is 34.9 Å². The molecule has 1 aliphatic carbocycles. The van der Waals surface area contributed by atoms with Crippen molar-refractivity contribution in [1.29, 1.82) is 0 Å². The largest absolute Gasteiger partial charge is 0.441 e. The first-order valence-electron chi connectivity index (χ1n) is 11.4. The van der Waals surface area contributed by atoms with E-state index in [0.717, 1.165) is 12.1 Å². The molecular formula is C24H32FN3O2. The van der Waals surface area contributed by atoms with Crippen molar-refractivity contribution in [3.05, 3.63) is 42.2 Å². The molecule has 1 amide bonds. The Balaban J connectivity index is 1.29. The van der Waals surface area contributed by atoms with E-state index in [9.17, 15) is 9.18 Å². The van der Waals surface area contributed by atoms with Gasteiger partial charge in [0.1, 0.15) is 5.82 Å². The molecule has 2 aliphatic rings. The van der Waals surface area contributed by atoms with E-state index in [0.29, 0.717) is 24.5 Å². The van der Waals surface area contributed by atoms with Crippen LogP contribution in [-0.4, -0.2) is 41.0 Å². The summed E-state index contributed by atoms with van der Waals surface area (Å²) in [7, 11) is 0. The van der Waals surface area contributed by atoms with Crippen molar-refractivity contribution in [2.24, 2.45) is 0 Å². The molecule has 1 saturated heterocycles. The average molecular weight is 414 g/mol. The van der Waals surface area contributed by atoms with E-state index in [1.165, 1.54) is 76.6 Å². The Bertz CT molecular complexity index is 821. The van der Waals surface area contributed by atoms with E-state index in [4.69, 9.17) is 4.42 Å². The molecule has 1 aromatic heterocycles. The van der Waals surface area contributed by atoms with Crippen LogP contribution in [-0.2, 0) is 11.2 Å². The van der Waals surface area contributed by atoms with Crippen molar-refractivity contribution in [3.63, 3.8) is 0 Å². The number of aromatic nitrogens is 1. The zero-order valence-electron chi connectivity index (χ0n) is 17.7. The van der Waals surface area contributed by atoms with Gasteiger partial charge in [-0.3, -0.25) is 9.69 Å². The summed E-state index contributed by atoms with van der Waals surface area (Å²) in [5.41, 5.74) is 0.924. The molecule has 1 saturated carbocycles. The Kier molecular flexibility index (Phi) is 6.82. The molecular weight excluding hydrogens is 381 g/mol. The number of amides is 1. The lowest BCUT2D eigenvalue weighted by atomic mass is 9.79. The number of aryl methyl sites for hydroxylation is 1. The molecule has 2 aromatic rings. The van der Waals surface area contributed by atoms with Crippen molar-refractivity contribution in [3.8, 4) is 11.3 Å². The summed E-state index contributed by atoms with van der Waals surface area (Å²) in [6, 6.07) is 6.12. The highest BCUT2D eigenvalue weighted by Crippen LogP contribution is 2.35. The van der Waals surface area contributed by atoms with E-state index >= 15 is 0 Å². The van der Waals surface area contributed by atoms with Gasteiger partial charge in [0.2, 0.25) is 5.91 Å². The Morgan fingerprint density at radius 1 is 1.07 bits per heavy atom. The number of oxazole rings is 1. The molecule has 2 heterocycles. The second-order valence-corrected chi connectivity index (χ2v) is 8.73. The number of halogens is 1. The molecule has 30 heavy (non-hydrogen) atoms. The van der Waals surface area contributed by atoms with Crippen LogP contribution >= 0.6 is 0 Å². The third kappa shape index (κ3) is 5.09. The van der Waals surface area contributed by atoms with E-state index in [-0.39, 0.29) is 17.3 Å². The number of benzene rings is 1. The summed E-state index contributed by atoms with van der Waals surface area (Å²) in [5.74, 6) is 0.901. The van der Waals surface area contributed by atoms with E-state index < -0.39 is 0 Å². The molecule has 0 radical (unpaired) electrons. The Hall–Kier alpha value is -2.21. The van der Waals surface area contributed by atoms with Gasteiger partial charge < -0.3 is 9.73 Å². The van der Waals surface area contributed by atoms with Crippen molar-refractivity contribution in [2.75, 3.05) is 19.6 Å². The van der Waals surface area contributed by atoms with Crippen LogP contribution in [0.4, 0.5) is 4.39 Å². The Morgan fingerprint density at radius 2 is 1.77 bits per heavy atom. The summed E-state index contributed by atoms with van der Waals surface area (Å²) < 4.78 is 18.8. The Morgan fingerprint density at radius 3 is 2.50 bits per heavy atom. The van der Waals surface area contributed by atoms with E-state index in [2.05, 4.69) is 15.2 Å². The first-order valence-corrected chi connectivity index (χ1v) is 11.4. The maximum absolute atomic E-state index is 13.1. The van der Waals surface area contributed by atoms with E-state index in [1.807, 2.05) is 0 Å². The van der Waals surface area contributed by atoms with Crippen molar-refractivity contribution >= 4 is 5.91 Å². The molecule has 1 aliphatic heterocycles. The van der Waals surface area contributed by atoms with Crippen LogP contribution in [0.25, 0.3) is 11.3 Å². The van der Waals surface area contributed by atoms with Crippen LogP contribution < -0.4 is 5.32 Å². The number of nitrogens with one attached hydrogen (secondary N) is 1. The van der Waals surface area contributed by atoms with Crippen molar-refractivity contribution in [1.82, 2.24) is 15.2 Å². The topological polar surface area (TPSA) is 58.4 Å². The number of hydrogen-bond acceptors (Lipinski definition) is 4. The predicted molar refractivity (Wildman–Crippen MR) is 114 cm³/mol. The highest BCUT2D eigenvalue weighted by molar-refractivity contribution is 5.76. The van der Waals surface area contributed by atoms with Crippen LogP contribution in [0, 0.1) is 5.82 Å². The lowest BCUT2D eigenvalue weighted by Crippen LogP contribution is -2.58. The molecule has 4 rings (SSSR count). The first-order chi connectivity index (χ1) is 14.6.